The van der Waals surface area contributed by atoms with E-state index < -0.39 is 28.5 Å². The number of ketones is 1. The van der Waals surface area contributed by atoms with Crippen LogP contribution in [0.25, 0.3) is 0 Å². The first-order chi connectivity index (χ1) is 20.0. The molecular formula is C33H39Cl2FN2O4. The van der Waals surface area contributed by atoms with Gasteiger partial charge < -0.3 is 14.8 Å². The highest BCUT2D eigenvalue weighted by molar-refractivity contribution is 6.31. The first kappa shape index (κ1) is 30.0. The Kier molecular flexibility index (Phi) is 7.95. The highest BCUT2D eigenvalue weighted by Crippen LogP contribution is 2.72. The summed E-state index contributed by atoms with van der Waals surface area (Å²) in [5, 5.41) is 3.38. The lowest BCUT2D eigenvalue weighted by molar-refractivity contribution is -0.127. The van der Waals surface area contributed by atoms with Gasteiger partial charge in [-0.15, -0.1) is 0 Å². The number of carbonyl (C=O) groups is 2. The lowest BCUT2D eigenvalue weighted by atomic mass is 9.51. The van der Waals surface area contributed by atoms with Crippen LogP contribution in [-0.2, 0) is 24.5 Å². The van der Waals surface area contributed by atoms with E-state index in [1.165, 1.54) is 6.20 Å². The third kappa shape index (κ3) is 4.79. The molecule has 4 aliphatic rings. The smallest absolute Gasteiger partial charge is 0.236 e. The molecule has 2 spiro atoms. The number of nitrogens with zero attached hydrogens (tertiary/aromatic N) is 1. The molecule has 226 valence electrons. The van der Waals surface area contributed by atoms with Crippen LogP contribution in [0.2, 0.25) is 10.2 Å². The van der Waals surface area contributed by atoms with Crippen LogP contribution in [0, 0.1) is 28.5 Å². The third-order valence-electron chi connectivity index (χ3n) is 10.8. The number of benzene rings is 1. The number of Topliss-reactive ketones (excluding diaryl/α,β-unsaturated/α-hetero) is 1. The van der Waals surface area contributed by atoms with Crippen molar-refractivity contribution in [1.82, 2.24) is 4.98 Å². The summed E-state index contributed by atoms with van der Waals surface area (Å²) in [6.07, 6.45) is 7.40. The van der Waals surface area contributed by atoms with Gasteiger partial charge in [0.15, 0.2) is 11.0 Å². The van der Waals surface area contributed by atoms with Gasteiger partial charge in [-0.05, 0) is 91.0 Å². The molecule has 2 aromatic rings. The van der Waals surface area contributed by atoms with E-state index in [2.05, 4.69) is 24.1 Å². The third-order valence-corrected chi connectivity index (χ3v) is 11.3. The highest BCUT2D eigenvalue weighted by Gasteiger charge is 2.72. The summed E-state index contributed by atoms with van der Waals surface area (Å²) < 4.78 is 27.3. The number of methoxy groups -OCH3 is 1. The molecule has 2 aliphatic carbocycles. The molecular weight excluding hydrogens is 578 g/mol. The maximum Gasteiger partial charge on any atom is 0.236 e. The monoisotopic (exact) mass is 616 g/mol. The van der Waals surface area contributed by atoms with Crippen LogP contribution >= 0.6 is 23.2 Å². The van der Waals surface area contributed by atoms with E-state index in [9.17, 15) is 9.59 Å². The summed E-state index contributed by atoms with van der Waals surface area (Å²) in [7, 11) is 1.66. The number of aromatic nitrogens is 1. The molecule has 2 aliphatic heterocycles. The summed E-state index contributed by atoms with van der Waals surface area (Å²) in [4.78, 5) is 33.0. The van der Waals surface area contributed by atoms with Crippen LogP contribution in [0.4, 0.5) is 10.1 Å². The lowest BCUT2D eigenvalue weighted by Crippen LogP contribution is -2.52. The molecule has 9 heteroatoms. The van der Waals surface area contributed by atoms with E-state index >= 15 is 4.39 Å². The molecule has 1 saturated heterocycles. The lowest BCUT2D eigenvalue weighted by Gasteiger charge is -2.51. The van der Waals surface area contributed by atoms with Crippen LogP contribution in [0.5, 0.6) is 0 Å². The molecule has 0 radical (unpaired) electrons. The van der Waals surface area contributed by atoms with Crippen LogP contribution in [0.15, 0.2) is 30.5 Å². The molecule has 3 heterocycles. The van der Waals surface area contributed by atoms with Crippen molar-refractivity contribution < 1.29 is 23.5 Å². The Bertz CT molecular complexity index is 1380. The second-order valence-electron chi connectivity index (χ2n) is 13.7. The van der Waals surface area contributed by atoms with E-state index in [1.54, 1.807) is 25.3 Å². The van der Waals surface area contributed by atoms with Crippen molar-refractivity contribution in [3.05, 3.63) is 57.6 Å². The second-order valence-corrected chi connectivity index (χ2v) is 14.5. The van der Waals surface area contributed by atoms with Crippen molar-refractivity contribution in [2.75, 3.05) is 25.6 Å². The number of fused-ring (bicyclic) bond motifs is 3. The minimum Gasteiger partial charge on any atom is -0.382 e. The van der Waals surface area contributed by atoms with Crippen LogP contribution in [0.3, 0.4) is 0 Å². The molecule has 0 bridgehead atoms. The first-order valence-corrected chi connectivity index (χ1v) is 15.8. The molecule has 6 nitrogen and oxygen atoms in total. The fraction of sp³-hybridized carbons (Fsp3) is 0.606. The zero-order valence-electron chi connectivity index (χ0n) is 24.5. The minimum atomic E-state index is -1.15. The second kappa shape index (κ2) is 11.1. The predicted octanol–water partition coefficient (Wildman–Crippen LogP) is 7.51. The number of hydrogen-bond donors (Lipinski definition) is 1. The summed E-state index contributed by atoms with van der Waals surface area (Å²) in [6.45, 7) is 5.53. The zero-order valence-corrected chi connectivity index (χ0v) is 26.0. The zero-order chi connectivity index (χ0) is 29.9. The van der Waals surface area contributed by atoms with Gasteiger partial charge in [-0.3, -0.25) is 9.59 Å². The molecule has 5 atom stereocenters. The van der Waals surface area contributed by atoms with Gasteiger partial charge in [0.1, 0.15) is 5.78 Å². The number of amides is 1. The fourth-order valence-electron chi connectivity index (χ4n) is 8.67. The van der Waals surface area contributed by atoms with Crippen LogP contribution in [0.1, 0.15) is 82.3 Å². The highest BCUT2D eigenvalue weighted by atomic mass is 35.5. The summed E-state index contributed by atoms with van der Waals surface area (Å²) >= 11 is 12.7. The standard InChI is InChI=1S/C33H39Cl2FN2O4/c1-31(2)9-11-32(12-10-31)16-23(26(39)14-19-4-6-21(18-41-3)42-17-19)27(22-8-13-37-29(35)28(22)36)33(32)24-7-5-20(34)15-25(24)38-30(33)40/h5,7-8,13,15,19,21,23,27H,4,6,9-12,14,16-18H2,1-3H3,(H,38,40)/t19-,21-,23-,27-,33+/m0/s1. The van der Waals surface area contributed by atoms with E-state index in [1.807, 2.05) is 6.07 Å². The average Bonchev–Trinajstić information content (AvgIpc) is 3.41. The topological polar surface area (TPSA) is 77.5 Å². The number of pyridine rings is 1. The van der Waals surface area contributed by atoms with Gasteiger partial charge in [0.25, 0.3) is 0 Å². The van der Waals surface area contributed by atoms with Crippen molar-refractivity contribution >= 4 is 40.6 Å². The number of halogens is 3. The summed E-state index contributed by atoms with van der Waals surface area (Å²) in [5.41, 5.74) is 0.152. The van der Waals surface area contributed by atoms with Gasteiger partial charge in [0.2, 0.25) is 5.91 Å². The van der Waals surface area contributed by atoms with Gasteiger partial charge in [-0.1, -0.05) is 43.1 Å². The molecule has 3 fully saturated rings. The van der Waals surface area contributed by atoms with Crippen molar-refractivity contribution in [3.63, 3.8) is 0 Å². The number of anilines is 1. The van der Waals surface area contributed by atoms with E-state index in [-0.39, 0.29) is 39.8 Å². The minimum absolute atomic E-state index is 0.0382. The van der Waals surface area contributed by atoms with E-state index in [0.717, 1.165) is 44.1 Å². The van der Waals surface area contributed by atoms with Crippen LogP contribution < -0.4 is 5.32 Å². The quantitative estimate of drug-likeness (QED) is 0.340. The maximum absolute atomic E-state index is 16.1. The van der Waals surface area contributed by atoms with Crippen LogP contribution in [-0.4, -0.2) is 43.1 Å². The number of ether oxygens (including phenoxy) is 2. The van der Waals surface area contributed by atoms with E-state index in [4.69, 9.17) is 32.7 Å². The molecule has 6 rings (SSSR count). The number of hydrogen-bond acceptors (Lipinski definition) is 5. The van der Waals surface area contributed by atoms with Gasteiger partial charge in [-0.25, -0.2) is 9.37 Å². The Balaban J connectivity index is 1.48. The summed E-state index contributed by atoms with van der Waals surface area (Å²) in [6, 6.07) is 7.07. The molecule has 0 unspecified atom stereocenters. The van der Waals surface area contributed by atoms with Crippen molar-refractivity contribution in [2.24, 2.45) is 22.7 Å². The Morgan fingerprint density at radius 2 is 1.93 bits per heavy atom. The van der Waals surface area contributed by atoms with Gasteiger partial charge in [0, 0.05) is 42.3 Å². The normalized spacial score (nSPS) is 31.3. The molecule has 42 heavy (non-hydrogen) atoms. The largest absolute Gasteiger partial charge is 0.382 e. The number of carbonyl (C=O) groups excluding carboxylic acids is 2. The Morgan fingerprint density at radius 1 is 1.17 bits per heavy atom. The average molecular weight is 618 g/mol. The molecule has 1 N–H and O–H groups in total. The van der Waals surface area contributed by atoms with Crippen molar-refractivity contribution in [1.29, 1.82) is 0 Å². The van der Waals surface area contributed by atoms with Crippen molar-refractivity contribution in [2.45, 2.75) is 82.7 Å². The predicted molar refractivity (Wildman–Crippen MR) is 160 cm³/mol. The van der Waals surface area contributed by atoms with Gasteiger partial charge >= 0.3 is 0 Å². The Labute approximate surface area is 257 Å². The molecule has 1 aromatic heterocycles. The Hall–Kier alpha value is -2.06. The van der Waals surface area contributed by atoms with Gasteiger partial charge in [0.05, 0.1) is 24.7 Å². The SMILES string of the molecule is COC[C@@H]1CC[C@@H](CC(=O)[C@@H]2CC3(CCC(C)(C)CC3)[C@@]3(C(=O)Nc4cc(Cl)ccc43)[C@H]2c2ccnc(Cl)c2F)CO1. The van der Waals surface area contributed by atoms with Crippen molar-refractivity contribution in [3.8, 4) is 0 Å². The Morgan fingerprint density at radius 3 is 2.62 bits per heavy atom. The number of nitrogens with one attached hydrogen (secondary N) is 1. The maximum atomic E-state index is 16.1. The fourth-order valence-corrected chi connectivity index (χ4v) is 9.01. The van der Waals surface area contributed by atoms with E-state index in [0.29, 0.717) is 36.8 Å². The molecule has 1 aromatic carbocycles. The number of rotatable bonds is 6. The van der Waals surface area contributed by atoms with Gasteiger partial charge in [-0.2, -0.15) is 0 Å². The first-order valence-electron chi connectivity index (χ1n) is 15.1. The summed E-state index contributed by atoms with van der Waals surface area (Å²) in [5.74, 6) is -2.02. The molecule has 2 saturated carbocycles. The molecule has 1 amide bonds.